The SMILES string of the molecule is CCc1nc(N)sc1Cc1c(Cl)cc(Cl)c2nsnc12. The molecule has 0 unspecified atom stereocenters. The zero-order valence-electron chi connectivity index (χ0n) is 10.5. The highest BCUT2D eigenvalue weighted by atomic mass is 35.5. The summed E-state index contributed by atoms with van der Waals surface area (Å²) < 4.78 is 8.53. The standard InChI is InChI=1S/C12H10Cl2N4S2/c1-2-8-9(19-12(15)16-8)3-5-6(13)4-7(14)11-10(5)17-20-18-11/h4H,2-3H2,1H3,(H2,15,16). The van der Waals surface area contributed by atoms with Gasteiger partial charge in [-0.15, -0.1) is 11.3 Å². The average molecular weight is 345 g/mol. The number of nitrogen functional groups attached to an aromatic ring is 1. The Morgan fingerprint density at radius 1 is 1.20 bits per heavy atom. The number of hydrogen-bond donors (Lipinski definition) is 1. The number of aryl methyl sites for hydroxylation is 1. The fourth-order valence-electron chi connectivity index (χ4n) is 2.07. The lowest BCUT2D eigenvalue weighted by atomic mass is 10.1. The van der Waals surface area contributed by atoms with E-state index in [0.717, 1.165) is 39.8 Å². The van der Waals surface area contributed by atoms with Crippen LogP contribution in [-0.4, -0.2) is 13.7 Å². The van der Waals surface area contributed by atoms with Crippen molar-refractivity contribution in [3.8, 4) is 0 Å². The summed E-state index contributed by atoms with van der Waals surface area (Å²) in [6, 6.07) is 1.72. The fourth-order valence-corrected chi connectivity index (χ4v) is 4.20. The summed E-state index contributed by atoms with van der Waals surface area (Å²) >= 11 is 15.1. The van der Waals surface area contributed by atoms with Crippen molar-refractivity contribution in [2.24, 2.45) is 0 Å². The maximum atomic E-state index is 6.32. The Kier molecular flexibility index (Phi) is 3.81. The van der Waals surface area contributed by atoms with E-state index in [0.29, 0.717) is 27.1 Å². The van der Waals surface area contributed by atoms with Gasteiger partial charge in [0, 0.05) is 21.9 Å². The molecule has 1 aromatic carbocycles. The van der Waals surface area contributed by atoms with Gasteiger partial charge in [0.15, 0.2) is 5.13 Å². The molecule has 0 atom stereocenters. The molecule has 0 amide bonds. The Morgan fingerprint density at radius 2 is 1.95 bits per heavy atom. The van der Waals surface area contributed by atoms with Crippen LogP contribution in [0.1, 0.15) is 23.1 Å². The predicted octanol–water partition coefficient (Wildman–Crippen LogP) is 4.19. The summed E-state index contributed by atoms with van der Waals surface area (Å²) in [6.07, 6.45) is 1.49. The summed E-state index contributed by atoms with van der Waals surface area (Å²) in [4.78, 5) is 5.45. The predicted molar refractivity (Wildman–Crippen MR) is 86.1 cm³/mol. The zero-order valence-corrected chi connectivity index (χ0v) is 13.6. The van der Waals surface area contributed by atoms with Crippen LogP contribution in [0.5, 0.6) is 0 Å². The molecule has 0 saturated heterocycles. The third kappa shape index (κ3) is 2.37. The Bertz CT molecular complexity index is 781. The minimum absolute atomic E-state index is 0.530. The zero-order chi connectivity index (χ0) is 14.3. The van der Waals surface area contributed by atoms with Gasteiger partial charge in [-0.25, -0.2) is 4.98 Å². The van der Waals surface area contributed by atoms with Gasteiger partial charge >= 0.3 is 0 Å². The molecule has 0 bridgehead atoms. The molecule has 2 heterocycles. The Hall–Kier alpha value is -0.950. The van der Waals surface area contributed by atoms with Gasteiger partial charge in [0.2, 0.25) is 0 Å². The molecule has 0 radical (unpaired) electrons. The molecule has 0 fully saturated rings. The fraction of sp³-hybridized carbons (Fsp3) is 0.250. The second-order valence-corrected chi connectivity index (χ2v) is 6.69. The number of halogens is 2. The Morgan fingerprint density at radius 3 is 2.70 bits per heavy atom. The molecule has 0 aliphatic heterocycles. The van der Waals surface area contributed by atoms with Crippen LogP contribution < -0.4 is 5.73 Å². The van der Waals surface area contributed by atoms with E-state index >= 15 is 0 Å². The average Bonchev–Trinajstić information content (AvgIpc) is 3.00. The van der Waals surface area contributed by atoms with E-state index in [1.165, 1.54) is 11.3 Å². The monoisotopic (exact) mass is 344 g/mol. The number of nitrogens with two attached hydrogens (primary N) is 1. The van der Waals surface area contributed by atoms with Gasteiger partial charge in [0.1, 0.15) is 11.0 Å². The number of rotatable bonds is 3. The van der Waals surface area contributed by atoms with Gasteiger partial charge < -0.3 is 5.73 Å². The molecule has 8 heteroatoms. The molecule has 104 valence electrons. The smallest absolute Gasteiger partial charge is 0.180 e. The topological polar surface area (TPSA) is 64.7 Å². The van der Waals surface area contributed by atoms with Crippen LogP contribution in [0.3, 0.4) is 0 Å². The minimum atomic E-state index is 0.530. The molecular formula is C12H10Cl2N4S2. The normalized spacial score (nSPS) is 11.3. The van der Waals surface area contributed by atoms with E-state index in [1.54, 1.807) is 6.07 Å². The van der Waals surface area contributed by atoms with Crippen LogP contribution in [-0.2, 0) is 12.8 Å². The van der Waals surface area contributed by atoms with Crippen molar-refractivity contribution < 1.29 is 0 Å². The van der Waals surface area contributed by atoms with Crippen LogP contribution in [0.15, 0.2) is 6.07 Å². The van der Waals surface area contributed by atoms with E-state index in [9.17, 15) is 0 Å². The number of nitrogens with zero attached hydrogens (tertiary/aromatic N) is 3. The first-order valence-electron chi connectivity index (χ1n) is 5.93. The molecule has 0 aliphatic rings. The molecule has 20 heavy (non-hydrogen) atoms. The first-order chi connectivity index (χ1) is 9.60. The van der Waals surface area contributed by atoms with Crippen molar-refractivity contribution in [1.29, 1.82) is 0 Å². The van der Waals surface area contributed by atoms with E-state index in [-0.39, 0.29) is 0 Å². The van der Waals surface area contributed by atoms with E-state index in [2.05, 4.69) is 20.7 Å². The number of thiazole rings is 1. The number of benzene rings is 1. The lowest BCUT2D eigenvalue weighted by Gasteiger charge is -2.05. The van der Waals surface area contributed by atoms with Crippen molar-refractivity contribution in [3.05, 3.63) is 32.2 Å². The highest BCUT2D eigenvalue weighted by molar-refractivity contribution is 7.15. The van der Waals surface area contributed by atoms with Crippen LogP contribution in [0.25, 0.3) is 11.0 Å². The summed E-state index contributed by atoms with van der Waals surface area (Å²) in [7, 11) is 0. The molecule has 3 aromatic rings. The van der Waals surface area contributed by atoms with Crippen LogP contribution in [0.4, 0.5) is 5.13 Å². The minimum Gasteiger partial charge on any atom is -0.375 e. The summed E-state index contributed by atoms with van der Waals surface area (Å²) in [5.74, 6) is 0. The number of aromatic nitrogens is 3. The highest BCUT2D eigenvalue weighted by Crippen LogP contribution is 2.34. The van der Waals surface area contributed by atoms with Gasteiger partial charge in [-0.3, -0.25) is 0 Å². The van der Waals surface area contributed by atoms with Gasteiger partial charge in [0.25, 0.3) is 0 Å². The number of hydrogen-bond acceptors (Lipinski definition) is 6. The van der Waals surface area contributed by atoms with Crippen molar-refractivity contribution in [3.63, 3.8) is 0 Å². The molecule has 2 aromatic heterocycles. The summed E-state index contributed by atoms with van der Waals surface area (Å²) in [5.41, 5.74) is 9.19. The van der Waals surface area contributed by atoms with Crippen LogP contribution in [0, 0.1) is 0 Å². The van der Waals surface area contributed by atoms with Gasteiger partial charge in [-0.2, -0.15) is 8.75 Å². The third-order valence-electron chi connectivity index (χ3n) is 3.01. The second kappa shape index (κ2) is 5.44. The van der Waals surface area contributed by atoms with Gasteiger partial charge in [-0.05, 0) is 12.5 Å². The van der Waals surface area contributed by atoms with E-state index in [4.69, 9.17) is 28.9 Å². The maximum absolute atomic E-state index is 6.32. The third-order valence-corrected chi connectivity index (χ3v) is 5.09. The van der Waals surface area contributed by atoms with Gasteiger partial charge in [-0.1, -0.05) is 30.1 Å². The van der Waals surface area contributed by atoms with E-state index < -0.39 is 0 Å². The lowest BCUT2D eigenvalue weighted by Crippen LogP contribution is -1.94. The molecule has 0 spiro atoms. The first-order valence-corrected chi connectivity index (χ1v) is 8.23. The van der Waals surface area contributed by atoms with E-state index in [1.807, 2.05) is 0 Å². The quantitative estimate of drug-likeness (QED) is 0.773. The van der Waals surface area contributed by atoms with Gasteiger partial charge in [0.05, 0.1) is 22.4 Å². The van der Waals surface area contributed by atoms with Crippen molar-refractivity contribution in [2.45, 2.75) is 19.8 Å². The van der Waals surface area contributed by atoms with Crippen molar-refractivity contribution in [1.82, 2.24) is 13.7 Å². The van der Waals surface area contributed by atoms with Crippen LogP contribution in [0.2, 0.25) is 10.0 Å². The molecule has 0 saturated carbocycles. The molecule has 0 aliphatic carbocycles. The van der Waals surface area contributed by atoms with Crippen LogP contribution >= 0.6 is 46.3 Å². The highest BCUT2D eigenvalue weighted by Gasteiger charge is 2.17. The Balaban J connectivity index is 2.13. The largest absolute Gasteiger partial charge is 0.375 e. The number of fused-ring (bicyclic) bond motifs is 1. The molecule has 4 nitrogen and oxygen atoms in total. The molecule has 3 rings (SSSR count). The van der Waals surface area contributed by atoms with Crippen molar-refractivity contribution in [2.75, 3.05) is 5.73 Å². The summed E-state index contributed by atoms with van der Waals surface area (Å²) in [6.45, 7) is 2.06. The molecular weight excluding hydrogens is 335 g/mol. The lowest BCUT2D eigenvalue weighted by molar-refractivity contribution is 1.02. The van der Waals surface area contributed by atoms with Crippen molar-refractivity contribution >= 4 is 62.4 Å². The second-order valence-electron chi connectivity index (χ2n) is 4.23. The molecule has 2 N–H and O–H groups in total. The first kappa shape index (κ1) is 14.0. The Labute approximate surface area is 133 Å². The summed E-state index contributed by atoms with van der Waals surface area (Å²) in [5, 5.41) is 1.71. The maximum Gasteiger partial charge on any atom is 0.180 e. The number of anilines is 1.